The molecule has 1 heteroatoms. The third kappa shape index (κ3) is 1.03. The average Bonchev–Trinajstić information content (AvgIpc) is 2.22. The summed E-state index contributed by atoms with van der Waals surface area (Å²) in [5.41, 5.74) is 0.120. The van der Waals surface area contributed by atoms with Crippen LogP contribution in [-0.2, 0) is 4.74 Å². The molecule has 1 atom stereocenters. The number of epoxide rings is 1. The van der Waals surface area contributed by atoms with Crippen molar-refractivity contribution in [3.05, 3.63) is 12.2 Å². The van der Waals surface area contributed by atoms with Crippen LogP contribution in [0, 0.1) is 0 Å². The summed E-state index contributed by atoms with van der Waals surface area (Å²) >= 11 is 0. The highest BCUT2D eigenvalue weighted by Crippen LogP contribution is 2.26. The summed E-state index contributed by atoms with van der Waals surface area (Å²) in [5, 5.41) is 0. The van der Waals surface area contributed by atoms with Gasteiger partial charge in [0.2, 0.25) is 0 Å². The molecule has 1 heterocycles. The Balaban J connectivity index is 2.40. The second kappa shape index (κ2) is 1.34. The minimum atomic E-state index is 0.120. The van der Waals surface area contributed by atoms with Gasteiger partial charge in [-0.3, -0.25) is 0 Å². The van der Waals surface area contributed by atoms with Gasteiger partial charge in [0.15, 0.2) is 0 Å². The summed E-state index contributed by atoms with van der Waals surface area (Å²) in [5.74, 6) is 0. The van der Waals surface area contributed by atoms with Gasteiger partial charge in [0.25, 0.3) is 0 Å². The number of ether oxygens (including phenoxy) is 1. The molecule has 0 aromatic heterocycles. The summed E-state index contributed by atoms with van der Waals surface area (Å²) in [6.07, 6.45) is 4.10. The second-order valence-corrected chi connectivity index (χ2v) is 2.10. The molecule has 0 saturated carbocycles. The van der Waals surface area contributed by atoms with Crippen molar-refractivity contribution in [2.75, 3.05) is 6.61 Å². The zero-order valence-corrected chi connectivity index (χ0v) is 4.77. The molecule has 1 fully saturated rings. The average molecular weight is 98.1 g/mol. The van der Waals surface area contributed by atoms with Gasteiger partial charge in [-0.2, -0.15) is 0 Å². The number of hydrogen-bond donors (Lipinski definition) is 0. The summed E-state index contributed by atoms with van der Waals surface area (Å²) in [6, 6.07) is 0. The molecule has 1 aliphatic rings. The van der Waals surface area contributed by atoms with Crippen LogP contribution in [0.25, 0.3) is 0 Å². The molecule has 0 amide bonds. The van der Waals surface area contributed by atoms with E-state index in [9.17, 15) is 0 Å². The van der Waals surface area contributed by atoms with Crippen molar-refractivity contribution >= 4 is 0 Å². The SMILES string of the molecule is CC=CC1(C)CO1. The molecular formula is C6H10O. The lowest BCUT2D eigenvalue weighted by Crippen LogP contribution is -1.95. The maximum atomic E-state index is 5.05. The lowest BCUT2D eigenvalue weighted by atomic mass is 10.2. The maximum Gasteiger partial charge on any atom is 0.107 e. The van der Waals surface area contributed by atoms with E-state index in [1.54, 1.807) is 0 Å². The van der Waals surface area contributed by atoms with E-state index in [-0.39, 0.29) is 5.60 Å². The highest BCUT2D eigenvalue weighted by molar-refractivity contribution is 5.05. The molecule has 1 unspecified atom stereocenters. The first kappa shape index (κ1) is 4.85. The topological polar surface area (TPSA) is 12.5 Å². The first-order valence-electron chi connectivity index (χ1n) is 2.55. The molecule has 1 aliphatic heterocycles. The highest BCUT2D eigenvalue weighted by atomic mass is 16.6. The van der Waals surface area contributed by atoms with E-state index in [4.69, 9.17) is 4.74 Å². The summed E-state index contributed by atoms with van der Waals surface area (Å²) in [4.78, 5) is 0. The highest BCUT2D eigenvalue weighted by Gasteiger charge is 2.35. The third-order valence-corrected chi connectivity index (χ3v) is 1.12. The van der Waals surface area contributed by atoms with Crippen LogP contribution in [0.1, 0.15) is 13.8 Å². The van der Waals surface area contributed by atoms with Gasteiger partial charge in [0.1, 0.15) is 5.60 Å². The minimum absolute atomic E-state index is 0.120. The maximum absolute atomic E-state index is 5.05. The van der Waals surface area contributed by atoms with E-state index in [0.717, 1.165) is 6.61 Å². The Hall–Kier alpha value is -0.300. The molecule has 1 rings (SSSR count). The van der Waals surface area contributed by atoms with Crippen molar-refractivity contribution < 1.29 is 4.74 Å². The van der Waals surface area contributed by atoms with Crippen molar-refractivity contribution in [2.45, 2.75) is 19.4 Å². The quantitative estimate of drug-likeness (QED) is 0.356. The zero-order chi connectivity index (χ0) is 5.33. The lowest BCUT2D eigenvalue weighted by Gasteiger charge is -1.88. The molecule has 0 aromatic rings. The molecule has 0 N–H and O–H groups in total. The van der Waals surface area contributed by atoms with E-state index in [2.05, 4.69) is 13.0 Å². The van der Waals surface area contributed by atoms with Gasteiger partial charge in [-0.05, 0) is 13.8 Å². The van der Waals surface area contributed by atoms with Gasteiger partial charge in [0.05, 0.1) is 6.61 Å². The molecular weight excluding hydrogens is 88.1 g/mol. The third-order valence-electron chi connectivity index (χ3n) is 1.12. The van der Waals surface area contributed by atoms with Crippen LogP contribution in [0.2, 0.25) is 0 Å². The van der Waals surface area contributed by atoms with Crippen LogP contribution < -0.4 is 0 Å². The van der Waals surface area contributed by atoms with Crippen LogP contribution in [0.5, 0.6) is 0 Å². The Morgan fingerprint density at radius 3 is 2.43 bits per heavy atom. The fraction of sp³-hybridized carbons (Fsp3) is 0.667. The van der Waals surface area contributed by atoms with Crippen molar-refractivity contribution in [2.24, 2.45) is 0 Å². The van der Waals surface area contributed by atoms with E-state index < -0.39 is 0 Å². The Morgan fingerprint density at radius 1 is 1.71 bits per heavy atom. The lowest BCUT2D eigenvalue weighted by molar-refractivity contribution is 0.369. The van der Waals surface area contributed by atoms with Crippen LogP contribution in [0.4, 0.5) is 0 Å². The number of rotatable bonds is 1. The molecule has 7 heavy (non-hydrogen) atoms. The Morgan fingerprint density at radius 2 is 2.29 bits per heavy atom. The normalized spacial score (nSPS) is 39.7. The largest absolute Gasteiger partial charge is 0.365 e. The van der Waals surface area contributed by atoms with Gasteiger partial charge < -0.3 is 4.74 Å². The summed E-state index contributed by atoms with van der Waals surface area (Å²) in [7, 11) is 0. The fourth-order valence-corrected chi connectivity index (χ4v) is 0.563. The Labute approximate surface area is 44.0 Å². The molecule has 1 saturated heterocycles. The molecule has 0 aliphatic carbocycles. The van der Waals surface area contributed by atoms with Gasteiger partial charge in [-0.1, -0.05) is 12.2 Å². The fourth-order valence-electron chi connectivity index (χ4n) is 0.563. The second-order valence-electron chi connectivity index (χ2n) is 2.10. The molecule has 0 aromatic carbocycles. The van der Waals surface area contributed by atoms with Gasteiger partial charge in [0, 0.05) is 0 Å². The van der Waals surface area contributed by atoms with Crippen molar-refractivity contribution in [1.29, 1.82) is 0 Å². The monoisotopic (exact) mass is 98.1 g/mol. The standard InChI is InChI=1S/C6H10O/c1-3-4-6(2)5-7-6/h3-4H,5H2,1-2H3. The predicted octanol–water partition coefficient (Wildman–Crippen LogP) is 1.35. The van der Waals surface area contributed by atoms with E-state index in [1.165, 1.54) is 0 Å². The van der Waals surface area contributed by atoms with E-state index in [0.29, 0.717) is 0 Å². The first-order valence-corrected chi connectivity index (χ1v) is 2.55. The van der Waals surface area contributed by atoms with Gasteiger partial charge >= 0.3 is 0 Å². The van der Waals surface area contributed by atoms with Crippen LogP contribution in [-0.4, -0.2) is 12.2 Å². The van der Waals surface area contributed by atoms with Crippen molar-refractivity contribution in [3.8, 4) is 0 Å². The molecule has 0 radical (unpaired) electrons. The van der Waals surface area contributed by atoms with E-state index >= 15 is 0 Å². The van der Waals surface area contributed by atoms with Crippen LogP contribution in [0.15, 0.2) is 12.2 Å². The van der Waals surface area contributed by atoms with Gasteiger partial charge in [-0.15, -0.1) is 0 Å². The van der Waals surface area contributed by atoms with Crippen LogP contribution >= 0.6 is 0 Å². The van der Waals surface area contributed by atoms with Crippen molar-refractivity contribution in [1.82, 2.24) is 0 Å². The van der Waals surface area contributed by atoms with Crippen LogP contribution in [0.3, 0.4) is 0 Å². The minimum Gasteiger partial charge on any atom is -0.365 e. The molecule has 0 spiro atoms. The molecule has 1 nitrogen and oxygen atoms in total. The Kier molecular flexibility index (Phi) is 0.927. The summed E-state index contributed by atoms with van der Waals surface area (Å²) in [6.45, 7) is 4.98. The Bertz CT molecular complexity index is 90.4. The smallest absolute Gasteiger partial charge is 0.107 e. The van der Waals surface area contributed by atoms with E-state index in [1.807, 2.05) is 13.0 Å². The first-order chi connectivity index (χ1) is 3.27. The molecule has 40 valence electrons. The zero-order valence-electron chi connectivity index (χ0n) is 4.77. The summed E-state index contributed by atoms with van der Waals surface area (Å²) < 4.78 is 5.05. The van der Waals surface area contributed by atoms with Crippen molar-refractivity contribution in [3.63, 3.8) is 0 Å². The molecule has 0 bridgehead atoms. The number of hydrogen-bond acceptors (Lipinski definition) is 1. The predicted molar refractivity (Wildman–Crippen MR) is 29.2 cm³/mol. The van der Waals surface area contributed by atoms with Gasteiger partial charge in [-0.25, -0.2) is 0 Å². The number of allylic oxidation sites excluding steroid dienone is 1.